The van der Waals surface area contributed by atoms with Gasteiger partial charge in [-0.1, -0.05) is 43.5 Å². The average Bonchev–Trinajstić information content (AvgIpc) is 3.10. The number of halogens is 1. The van der Waals surface area contributed by atoms with Gasteiger partial charge in [0.25, 0.3) is 5.91 Å². The molecule has 31 heavy (non-hydrogen) atoms. The summed E-state index contributed by atoms with van der Waals surface area (Å²) in [5.41, 5.74) is 1.08. The maximum absolute atomic E-state index is 14.2. The first kappa shape index (κ1) is 21.1. The van der Waals surface area contributed by atoms with Crippen LogP contribution in [0.4, 0.5) is 10.1 Å². The number of thioether (sulfide) groups is 1. The van der Waals surface area contributed by atoms with E-state index in [1.165, 1.54) is 24.2 Å². The van der Waals surface area contributed by atoms with Crippen molar-refractivity contribution in [2.75, 3.05) is 6.61 Å². The van der Waals surface area contributed by atoms with Gasteiger partial charge in [-0.05, 0) is 60.5 Å². The second-order valence-corrected chi connectivity index (χ2v) is 8.45. The van der Waals surface area contributed by atoms with Gasteiger partial charge in [0.1, 0.15) is 23.3 Å². The number of amidine groups is 1. The Kier molecular flexibility index (Phi) is 6.68. The molecule has 4 rings (SSSR count). The zero-order chi connectivity index (χ0) is 21.6. The van der Waals surface area contributed by atoms with E-state index in [9.17, 15) is 9.18 Å². The molecule has 1 amide bonds. The summed E-state index contributed by atoms with van der Waals surface area (Å²) in [6.45, 7) is -0.0129. The van der Waals surface area contributed by atoms with Crippen LogP contribution in [0.15, 0.2) is 58.4 Å². The molecule has 7 heteroatoms. The maximum atomic E-state index is 14.2. The molecule has 5 nitrogen and oxygen atoms in total. The normalized spacial score (nSPS) is 19.7. The van der Waals surface area contributed by atoms with Crippen LogP contribution in [0.2, 0.25) is 0 Å². The molecule has 0 unspecified atom stereocenters. The average molecular weight is 436 g/mol. The fraction of sp³-hybridized carbons (Fsp3) is 0.292. The quantitative estimate of drug-likeness (QED) is 0.568. The molecular weight excluding hydrogens is 413 g/mol. The zero-order valence-electron chi connectivity index (χ0n) is 17.0. The first-order chi connectivity index (χ1) is 15.2. The van der Waals surface area contributed by atoms with Gasteiger partial charge in [-0.3, -0.25) is 9.69 Å². The first-order valence-electron chi connectivity index (χ1n) is 10.3. The topological polar surface area (TPSA) is 65.7 Å². The molecule has 0 atom stereocenters. The highest BCUT2D eigenvalue weighted by Crippen LogP contribution is 2.38. The largest absolute Gasteiger partial charge is 0.479 e. The Morgan fingerprint density at radius 2 is 1.90 bits per heavy atom. The summed E-state index contributed by atoms with van der Waals surface area (Å²) in [6.07, 6.45) is 7.02. The van der Waals surface area contributed by atoms with Crippen LogP contribution in [0.25, 0.3) is 6.08 Å². The molecule has 1 heterocycles. The molecule has 0 bridgehead atoms. The lowest BCUT2D eigenvalue weighted by molar-refractivity contribution is -0.124. The lowest BCUT2D eigenvalue weighted by Crippen LogP contribution is -2.40. The Hall–Kier alpha value is -3.11. The van der Waals surface area contributed by atoms with Gasteiger partial charge in [0.05, 0.1) is 4.91 Å². The summed E-state index contributed by atoms with van der Waals surface area (Å²) in [4.78, 5) is 20.1. The maximum Gasteiger partial charge on any atom is 0.267 e. The summed E-state index contributed by atoms with van der Waals surface area (Å²) >= 11 is 1.28. The number of hydrogen-bond acceptors (Lipinski definition) is 5. The van der Waals surface area contributed by atoms with E-state index >= 15 is 0 Å². The molecule has 1 saturated carbocycles. The van der Waals surface area contributed by atoms with Crippen molar-refractivity contribution in [1.29, 1.82) is 5.26 Å². The van der Waals surface area contributed by atoms with E-state index in [4.69, 9.17) is 10.00 Å². The van der Waals surface area contributed by atoms with Gasteiger partial charge in [-0.25, -0.2) is 9.38 Å². The van der Waals surface area contributed by atoms with Gasteiger partial charge < -0.3 is 4.74 Å². The molecule has 158 valence electrons. The number of rotatable bonds is 5. The van der Waals surface area contributed by atoms with Crippen LogP contribution < -0.4 is 4.74 Å². The van der Waals surface area contributed by atoms with E-state index in [1.807, 2.05) is 24.3 Å². The van der Waals surface area contributed by atoms with Gasteiger partial charge >= 0.3 is 0 Å². The SMILES string of the molecule is N#CCOc1ccc(/C=C2\SC(=Nc3ccccc3F)N(C3CCCCC3)C2=O)cc1. The number of hydrogen-bond donors (Lipinski definition) is 0. The number of amides is 1. The fourth-order valence-corrected chi connectivity index (χ4v) is 4.85. The van der Waals surface area contributed by atoms with Gasteiger partial charge in [0.15, 0.2) is 11.8 Å². The molecular formula is C24H22FN3O2S. The van der Waals surface area contributed by atoms with Crippen molar-refractivity contribution in [3.8, 4) is 11.8 Å². The highest BCUT2D eigenvalue weighted by atomic mass is 32.2. The number of benzene rings is 2. The number of ether oxygens (including phenoxy) is 1. The van der Waals surface area contributed by atoms with Crippen molar-refractivity contribution in [2.24, 2.45) is 4.99 Å². The molecule has 2 fully saturated rings. The third-order valence-electron chi connectivity index (χ3n) is 5.33. The van der Waals surface area contributed by atoms with E-state index < -0.39 is 5.82 Å². The molecule has 2 aromatic carbocycles. The number of aliphatic imine (C=N–C) groups is 1. The van der Waals surface area contributed by atoms with Gasteiger partial charge in [-0.2, -0.15) is 5.26 Å². The van der Waals surface area contributed by atoms with Crippen LogP contribution in [0.5, 0.6) is 5.75 Å². The van der Waals surface area contributed by atoms with E-state index in [1.54, 1.807) is 35.2 Å². The van der Waals surface area contributed by atoms with Gasteiger partial charge in [0.2, 0.25) is 0 Å². The standard InChI is InChI=1S/C24H22FN3O2S/c25-20-8-4-5-9-21(20)27-24-28(18-6-2-1-3-7-18)23(29)22(31-24)16-17-10-12-19(13-11-17)30-15-14-26/h4-5,8-13,16,18H,1-3,6-7,15H2/b22-16-,27-24?. The minimum Gasteiger partial charge on any atom is -0.479 e. The van der Waals surface area contributed by atoms with Crippen molar-refractivity contribution in [3.05, 3.63) is 64.8 Å². The molecule has 1 saturated heterocycles. The molecule has 0 radical (unpaired) electrons. The highest BCUT2D eigenvalue weighted by molar-refractivity contribution is 8.18. The molecule has 0 N–H and O–H groups in total. The predicted octanol–water partition coefficient (Wildman–Crippen LogP) is 5.66. The van der Waals surface area contributed by atoms with E-state index in [2.05, 4.69) is 4.99 Å². The third-order valence-corrected chi connectivity index (χ3v) is 6.31. The van der Waals surface area contributed by atoms with Crippen molar-refractivity contribution in [2.45, 2.75) is 38.1 Å². The lowest BCUT2D eigenvalue weighted by atomic mass is 9.94. The minimum atomic E-state index is -0.406. The van der Waals surface area contributed by atoms with Crippen molar-refractivity contribution >= 4 is 34.6 Å². The van der Waals surface area contributed by atoms with E-state index in [0.717, 1.165) is 31.2 Å². The number of para-hydroxylation sites is 1. The second kappa shape index (κ2) is 9.80. The Balaban J connectivity index is 1.64. The molecule has 0 spiro atoms. The summed E-state index contributed by atoms with van der Waals surface area (Å²) in [6, 6.07) is 15.6. The summed E-state index contributed by atoms with van der Waals surface area (Å²) in [5, 5.41) is 9.15. The Morgan fingerprint density at radius 1 is 1.16 bits per heavy atom. The highest BCUT2D eigenvalue weighted by Gasteiger charge is 2.38. The van der Waals surface area contributed by atoms with E-state index in [-0.39, 0.29) is 24.2 Å². The van der Waals surface area contributed by atoms with Crippen LogP contribution in [0.1, 0.15) is 37.7 Å². The first-order valence-corrected chi connectivity index (χ1v) is 11.1. The minimum absolute atomic E-state index is 0.0129. The number of nitrogens with zero attached hydrogens (tertiary/aromatic N) is 3. The van der Waals surface area contributed by atoms with Crippen molar-refractivity contribution in [1.82, 2.24) is 4.90 Å². The smallest absolute Gasteiger partial charge is 0.267 e. The Labute approximate surface area is 185 Å². The van der Waals surface area contributed by atoms with Crippen LogP contribution >= 0.6 is 11.8 Å². The predicted molar refractivity (Wildman–Crippen MR) is 120 cm³/mol. The van der Waals surface area contributed by atoms with E-state index in [0.29, 0.717) is 15.8 Å². The van der Waals surface area contributed by atoms with Gasteiger partial charge in [-0.15, -0.1) is 0 Å². The summed E-state index contributed by atoms with van der Waals surface area (Å²) in [5.74, 6) is 0.105. The Morgan fingerprint density at radius 3 is 2.61 bits per heavy atom. The van der Waals surface area contributed by atoms with Crippen LogP contribution in [-0.4, -0.2) is 28.6 Å². The Bertz CT molecular complexity index is 1050. The zero-order valence-corrected chi connectivity index (χ0v) is 17.8. The molecule has 2 aromatic rings. The lowest BCUT2D eigenvalue weighted by Gasteiger charge is -2.30. The van der Waals surface area contributed by atoms with Crippen molar-refractivity contribution < 1.29 is 13.9 Å². The van der Waals surface area contributed by atoms with Crippen LogP contribution in [0.3, 0.4) is 0 Å². The summed E-state index contributed by atoms with van der Waals surface area (Å²) in [7, 11) is 0. The molecule has 0 aromatic heterocycles. The van der Waals surface area contributed by atoms with Crippen molar-refractivity contribution in [3.63, 3.8) is 0 Å². The molecule has 1 aliphatic heterocycles. The monoisotopic (exact) mass is 435 g/mol. The number of nitriles is 1. The molecule has 2 aliphatic rings. The van der Waals surface area contributed by atoms with Crippen LogP contribution in [-0.2, 0) is 4.79 Å². The third kappa shape index (κ3) is 4.97. The fourth-order valence-electron chi connectivity index (χ4n) is 3.80. The number of carbonyl (C=O) groups is 1. The van der Waals surface area contributed by atoms with Gasteiger partial charge in [0, 0.05) is 6.04 Å². The second-order valence-electron chi connectivity index (χ2n) is 7.44. The van der Waals surface area contributed by atoms with Crippen LogP contribution in [0, 0.1) is 17.1 Å². The molecule has 1 aliphatic carbocycles. The summed E-state index contributed by atoms with van der Waals surface area (Å²) < 4.78 is 19.5. The number of carbonyl (C=O) groups excluding carboxylic acids is 1.